The number of nitrogens with one attached hydrogen (secondary N) is 3. The van der Waals surface area contributed by atoms with Gasteiger partial charge in [-0.25, -0.2) is 4.79 Å². The lowest BCUT2D eigenvalue weighted by atomic mass is 10.0. The summed E-state index contributed by atoms with van der Waals surface area (Å²) in [6, 6.07) is 11.1. The maximum absolute atomic E-state index is 13.2. The number of anilines is 2. The molecule has 1 fully saturated rings. The molecule has 296 valence electrons. The Bertz CT molecular complexity index is 1510. The van der Waals surface area contributed by atoms with Crippen molar-refractivity contribution < 1.29 is 57.1 Å². The van der Waals surface area contributed by atoms with E-state index < -0.39 is 29.7 Å². The molecule has 16 nitrogen and oxygen atoms in total. The Labute approximate surface area is 315 Å². The predicted molar refractivity (Wildman–Crippen MR) is 197 cm³/mol. The molecular formula is C38H52N4O12. The van der Waals surface area contributed by atoms with Gasteiger partial charge in [-0.15, -0.1) is 0 Å². The molecule has 4 rings (SSSR count). The molecule has 0 radical (unpaired) electrons. The van der Waals surface area contributed by atoms with Gasteiger partial charge in [-0.2, -0.15) is 0 Å². The van der Waals surface area contributed by atoms with Gasteiger partial charge < -0.3 is 43.8 Å². The zero-order valence-corrected chi connectivity index (χ0v) is 30.9. The number of carbonyl (C=O) groups excluding carboxylic acids is 5. The molecular weight excluding hydrogens is 704 g/mol. The average molecular weight is 757 g/mol. The van der Waals surface area contributed by atoms with Crippen molar-refractivity contribution in [3.05, 3.63) is 59.2 Å². The highest BCUT2D eigenvalue weighted by molar-refractivity contribution is 6.25. The first-order valence-corrected chi connectivity index (χ1v) is 18.5. The number of piperidine rings is 1. The van der Waals surface area contributed by atoms with Crippen LogP contribution in [0.4, 0.5) is 11.4 Å². The van der Waals surface area contributed by atoms with Crippen molar-refractivity contribution in [1.29, 1.82) is 0 Å². The summed E-state index contributed by atoms with van der Waals surface area (Å²) in [4.78, 5) is 63.0. The van der Waals surface area contributed by atoms with Crippen LogP contribution in [0.1, 0.15) is 63.7 Å². The Hall–Kier alpha value is -4.45. The molecule has 16 heteroatoms. The second-order valence-electron chi connectivity index (χ2n) is 12.3. The molecule has 0 aromatic heterocycles. The Morgan fingerprint density at radius 1 is 0.704 bits per heavy atom. The standard InChI is InChI=1S/C38H52N4O12/c1-2-3-13-39-29-9-7-28(8-10-29)38(47)54-27-26-53-25-24-52-23-22-51-21-20-50-19-18-49-17-16-48-15-14-40-31-6-4-5-30-34(31)37(46)42(36(30)45)32-11-12-33(43)41-35(32)44/h4-10,32,39-40H,2-3,11-27H2,1H3,(H,41,43,44). The van der Waals surface area contributed by atoms with Crippen molar-refractivity contribution in [3.63, 3.8) is 0 Å². The summed E-state index contributed by atoms with van der Waals surface area (Å²) < 4.78 is 38.3. The lowest BCUT2D eigenvalue weighted by molar-refractivity contribution is -0.136. The van der Waals surface area contributed by atoms with Crippen molar-refractivity contribution in [2.45, 2.75) is 38.6 Å². The minimum Gasteiger partial charge on any atom is -0.460 e. The van der Waals surface area contributed by atoms with Crippen LogP contribution in [0, 0.1) is 0 Å². The van der Waals surface area contributed by atoms with Crippen molar-refractivity contribution >= 4 is 41.0 Å². The van der Waals surface area contributed by atoms with E-state index in [1.807, 2.05) is 12.1 Å². The quantitative estimate of drug-likeness (QED) is 0.0653. The maximum Gasteiger partial charge on any atom is 0.338 e. The lowest BCUT2D eigenvalue weighted by Crippen LogP contribution is -2.54. The van der Waals surface area contributed by atoms with E-state index in [1.165, 1.54) is 0 Å². The number of esters is 1. The minimum absolute atomic E-state index is 0.0629. The Balaban J connectivity index is 0.897. The number of nitrogens with zero attached hydrogens (tertiary/aromatic N) is 1. The number of amides is 4. The Morgan fingerprint density at radius 2 is 1.28 bits per heavy atom. The molecule has 2 aromatic rings. The zero-order valence-electron chi connectivity index (χ0n) is 30.9. The lowest BCUT2D eigenvalue weighted by Gasteiger charge is -2.27. The van der Waals surface area contributed by atoms with Crippen molar-refractivity contribution in [1.82, 2.24) is 10.2 Å². The zero-order chi connectivity index (χ0) is 38.4. The maximum atomic E-state index is 13.2. The number of carbonyl (C=O) groups is 5. The molecule has 0 bridgehead atoms. The number of hydrogen-bond acceptors (Lipinski definition) is 14. The number of rotatable bonds is 28. The van der Waals surface area contributed by atoms with Crippen molar-refractivity contribution in [3.8, 4) is 0 Å². The molecule has 1 atom stereocenters. The predicted octanol–water partition coefficient (Wildman–Crippen LogP) is 2.67. The van der Waals surface area contributed by atoms with Gasteiger partial charge in [0.05, 0.1) is 96.0 Å². The first kappa shape index (κ1) is 42.3. The van der Waals surface area contributed by atoms with Gasteiger partial charge in [0.2, 0.25) is 11.8 Å². The summed E-state index contributed by atoms with van der Waals surface area (Å²) in [7, 11) is 0. The summed E-state index contributed by atoms with van der Waals surface area (Å²) in [5.74, 6) is -2.56. The summed E-state index contributed by atoms with van der Waals surface area (Å²) >= 11 is 0. The van der Waals surface area contributed by atoms with E-state index in [2.05, 4.69) is 22.9 Å². The van der Waals surface area contributed by atoms with Crippen LogP contribution in [0.2, 0.25) is 0 Å². The van der Waals surface area contributed by atoms with Crippen LogP contribution in [-0.4, -0.2) is 140 Å². The van der Waals surface area contributed by atoms with Crippen LogP contribution < -0.4 is 16.0 Å². The van der Waals surface area contributed by atoms with Gasteiger partial charge in [0.1, 0.15) is 12.6 Å². The molecule has 2 aromatic carbocycles. The molecule has 1 saturated heterocycles. The van der Waals surface area contributed by atoms with Gasteiger partial charge >= 0.3 is 5.97 Å². The second-order valence-corrected chi connectivity index (χ2v) is 12.3. The largest absolute Gasteiger partial charge is 0.460 e. The number of hydrogen-bond donors (Lipinski definition) is 3. The minimum atomic E-state index is -1.01. The van der Waals surface area contributed by atoms with E-state index in [4.69, 9.17) is 33.2 Å². The van der Waals surface area contributed by atoms with E-state index in [0.29, 0.717) is 90.5 Å². The van der Waals surface area contributed by atoms with Gasteiger partial charge in [-0.3, -0.25) is 29.4 Å². The van der Waals surface area contributed by atoms with Crippen LogP contribution in [0.15, 0.2) is 42.5 Å². The summed E-state index contributed by atoms with van der Waals surface area (Å²) in [6.07, 6.45) is 2.38. The molecule has 3 N–H and O–H groups in total. The number of unbranched alkanes of at least 4 members (excludes halogenated alkanes) is 1. The Kier molecular flexibility index (Phi) is 18.8. The fourth-order valence-corrected chi connectivity index (χ4v) is 5.53. The highest BCUT2D eigenvalue weighted by Crippen LogP contribution is 2.32. The summed E-state index contributed by atoms with van der Waals surface area (Å²) in [5, 5.41) is 8.63. The van der Waals surface area contributed by atoms with E-state index in [9.17, 15) is 24.0 Å². The van der Waals surface area contributed by atoms with Crippen molar-refractivity contribution in [2.24, 2.45) is 0 Å². The third kappa shape index (κ3) is 13.8. The molecule has 0 saturated carbocycles. The van der Waals surface area contributed by atoms with E-state index >= 15 is 0 Å². The fourth-order valence-electron chi connectivity index (χ4n) is 5.53. The fraction of sp³-hybridized carbons (Fsp3) is 0.553. The number of benzene rings is 2. The van der Waals surface area contributed by atoms with E-state index in [0.717, 1.165) is 30.0 Å². The van der Waals surface area contributed by atoms with E-state index in [-0.39, 0.29) is 43.2 Å². The molecule has 2 aliphatic heterocycles. The smallest absolute Gasteiger partial charge is 0.338 e. The molecule has 0 spiro atoms. The second kappa shape index (κ2) is 24.1. The molecule has 2 heterocycles. The van der Waals surface area contributed by atoms with Gasteiger partial charge in [0.25, 0.3) is 11.8 Å². The Morgan fingerprint density at radius 3 is 1.85 bits per heavy atom. The molecule has 0 aliphatic carbocycles. The van der Waals surface area contributed by atoms with Gasteiger partial charge in [-0.1, -0.05) is 19.4 Å². The molecule has 1 unspecified atom stereocenters. The number of ether oxygens (including phenoxy) is 7. The number of imide groups is 2. The molecule has 4 amide bonds. The number of fused-ring (bicyclic) bond motifs is 1. The van der Waals surface area contributed by atoms with Crippen LogP contribution in [0.3, 0.4) is 0 Å². The highest BCUT2D eigenvalue weighted by Gasteiger charge is 2.45. The van der Waals surface area contributed by atoms with Crippen LogP contribution in [0.25, 0.3) is 0 Å². The van der Waals surface area contributed by atoms with Crippen LogP contribution in [0.5, 0.6) is 0 Å². The third-order valence-electron chi connectivity index (χ3n) is 8.33. The van der Waals surface area contributed by atoms with E-state index in [1.54, 1.807) is 30.3 Å². The first-order chi connectivity index (χ1) is 26.4. The summed E-state index contributed by atoms with van der Waals surface area (Å²) in [6.45, 7) is 8.28. The monoisotopic (exact) mass is 756 g/mol. The van der Waals surface area contributed by atoms with Crippen LogP contribution in [-0.2, 0) is 42.7 Å². The van der Waals surface area contributed by atoms with Crippen molar-refractivity contribution in [2.75, 3.05) is 110 Å². The molecule has 2 aliphatic rings. The van der Waals surface area contributed by atoms with Crippen LogP contribution >= 0.6 is 0 Å². The van der Waals surface area contributed by atoms with Gasteiger partial charge in [-0.05, 0) is 49.2 Å². The van der Waals surface area contributed by atoms with Gasteiger partial charge in [0, 0.05) is 30.9 Å². The SMILES string of the molecule is CCCCNc1ccc(C(=O)OCCOCCOCCOCCOCCOCCOCCNc2cccc3c2C(=O)N(C2CCC(=O)NC2=O)C3=O)cc1. The first-order valence-electron chi connectivity index (χ1n) is 18.5. The normalized spacial score (nSPS) is 15.4. The summed E-state index contributed by atoms with van der Waals surface area (Å²) in [5.41, 5.74) is 2.38. The highest BCUT2D eigenvalue weighted by atomic mass is 16.6. The average Bonchev–Trinajstić information content (AvgIpc) is 3.43. The topological polar surface area (TPSA) is 189 Å². The third-order valence-corrected chi connectivity index (χ3v) is 8.33. The molecule has 54 heavy (non-hydrogen) atoms. The van der Waals surface area contributed by atoms with Gasteiger partial charge in [0.15, 0.2) is 0 Å².